The van der Waals surface area contributed by atoms with Crippen LogP contribution in [0.2, 0.25) is 0 Å². The molecule has 1 amide bonds. The van der Waals surface area contributed by atoms with E-state index in [1.807, 2.05) is 17.0 Å². The van der Waals surface area contributed by atoms with E-state index in [1.54, 1.807) is 43.8 Å². The van der Waals surface area contributed by atoms with Crippen LogP contribution in [0, 0.1) is 0 Å². The highest BCUT2D eigenvalue weighted by molar-refractivity contribution is 5.94. The second kappa shape index (κ2) is 13.8. The Bertz CT molecular complexity index is 1830. The number of amides is 1. The molecule has 7 rings (SSSR count). The van der Waals surface area contributed by atoms with Crippen molar-refractivity contribution >= 4 is 5.91 Å². The molecule has 0 unspecified atom stereocenters. The summed E-state index contributed by atoms with van der Waals surface area (Å²) in [6, 6.07) is 29.3. The first kappa shape index (κ1) is 32.4. The zero-order valence-corrected chi connectivity index (χ0v) is 26.8. The Labute approximate surface area is 281 Å². The highest BCUT2D eigenvalue weighted by Gasteiger charge is 2.43. The van der Waals surface area contributed by atoms with Crippen molar-refractivity contribution in [1.82, 2.24) is 39.9 Å². The van der Waals surface area contributed by atoms with Crippen molar-refractivity contribution in [1.29, 1.82) is 0 Å². The molecule has 0 aliphatic carbocycles. The number of benzene rings is 3. The number of fused-ring (bicyclic) bond motifs is 1. The summed E-state index contributed by atoms with van der Waals surface area (Å²) >= 11 is 0. The standard InChI is InChI=1S/C36H35F3N8O2/c1-49-32-15-14-29(47-35(36(37,38)39)41-42-43-47)19-28(32)21-44-22-30-23-45(34(48)27-13-8-16-40-20-27)17-18-46(30)31(24-44)33(25-9-4-2-5-10-25)26-11-6-3-7-12-26/h2-16,19-20,30-31,33H,17-18,21-24H2,1H3/t30-,31+/m1/s1. The molecule has 0 saturated carbocycles. The molecule has 2 aliphatic rings. The lowest BCUT2D eigenvalue weighted by Crippen LogP contribution is -2.67. The van der Waals surface area contributed by atoms with Gasteiger partial charge in [-0.2, -0.15) is 17.9 Å². The molecule has 0 spiro atoms. The van der Waals surface area contributed by atoms with Crippen LogP contribution in [0.1, 0.15) is 38.8 Å². The number of piperazine rings is 2. The third kappa shape index (κ3) is 6.76. The van der Waals surface area contributed by atoms with E-state index < -0.39 is 12.0 Å². The van der Waals surface area contributed by atoms with Crippen molar-refractivity contribution < 1.29 is 22.7 Å². The van der Waals surface area contributed by atoms with Gasteiger partial charge >= 0.3 is 6.18 Å². The minimum Gasteiger partial charge on any atom is -0.496 e. The van der Waals surface area contributed by atoms with Crippen molar-refractivity contribution in [2.24, 2.45) is 0 Å². The van der Waals surface area contributed by atoms with E-state index in [0.29, 0.717) is 60.8 Å². The molecule has 2 fully saturated rings. The van der Waals surface area contributed by atoms with Crippen molar-refractivity contribution in [2.75, 3.05) is 39.8 Å². The zero-order chi connectivity index (χ0) is 34.0. The molecule has 4 heterocycles. The Hall–Kier alpha value is -5.14. The van der Waals surface area contributed by atoms with Gasteiger partial charge in [-0.1, -0.05) is 60.7 Å². The highest BCUT2D eigenvalue weighted by Crippen LogP contribution is 2.37. The topological polar surface area (TPSA) is 92.5 Å². The molecule has 10 nitrogen and oxygen atoms in total. The molecule has 49 heavy (non-hydrogen) atoms. The number of alkyl halides is 3. The molecular formula is C36H35F3N8O2. The third-order valence-electron chi connectivity index (χ3n) is 9.39. The highest BCUT2D eigenvalue weighted by atomic mass is 19.4. The smallest absolute Gasteiger partial charge is 0.453 e. The van der Waals surface area contributed by atoms with Gasteiger partial charge in [0.15, 0.2) is 0 Å². The van der Waals surface area contributed by atoms with E-state index in [4.69, 9.17) is 4.74 Å². The average Bonchev–Trinajstić information content (AvgIpc) is 3.64. The van der Waals surface area contributed by atoms with Crippen molar-refractivity contribution in [3.8, 4) is 11.4 Å². The maximum atomic E-state index is 13.7. The van der Waals surface area contributed by atoms with Crippen LogP contribution in [0.3, 0.4) is 0 Å². The number of tetrazole rings is 1. The monoisotopic (exact) mass is 668 g/mol. The van der Waals surface area contributed by atoms with Gasteiger partial charge in [-0.3, -0.25) is 19.6 Å². The minimum absolute atomic E-state index is 0.00595. The second-order valence-corrected chi connectivity index (χ2v) is 12.4. The van der Waals surface area contributed by atoms with Gasteiger partial charge < -0.3 is 9.64 Å². The number of aromatic nitrogens is 5. The lowest BCUT2D eigenvalue weighted by atomic mass is 9.81. The number of halogens is 3. The maximum absolute atomic E-state index is 13.7. The molecule has 13 heteroatoms. The first-order chi connectivity index (χ1) is 23.8. The predicted molar refractivity (Wildman–Crippen MR) is 175 cm³/mol. The van der Waals surface area contributed by atoms with Gasteiger partial charge in [0.05, 0.1) is 18.4 Å². The van der Waals surface area contributed by atoms with Crippen molar-refractivity contribution in [3.63, 3.8) is 0 Å². The Morgan fingerprint density at radius 2 is 1.65 bits per heavy atom. The molecular weight excluding hydrogens is 633 g/mol. The number of hydrogen-bond acceptors (Lipinski definition) is 8. The van der Waals surface area contributed by atoms with Crippen molar-refractivity contribution in [3.05, 3.63) is 131 Å². The van der Waals surface area contributed by atoms with Gasteiger partial charge in [0.2, 0.25) is 0 Å². The molecule has 2 saturated heterocycles. The van der Waals surface area contributed by atoms with Crippen LogP contribution in [0.4, 0.5) is 13.2 Å². The largest absolute Gasteiger partial charge is 0.496 e. The van der Waals surface area contributed by atoms with Crippen LogP contribution in [-0.4, -0.2) is 97.7 Å². The summed E-state index contributed by atoms with van der Waals surface area (Å²) in [5.41, 5.74) is 3.80. The Balaban J connectivity index is 1.25. The number of hydrogen-bond donors (Lipinski definition) is 0. The van der Waals surface area contributed by atoms with E-state index in [1.165, 1.54) is 17.2 Å². The van der Waals surface area contributed by atoms with E-state index in [-0.39, 0.29) is 29.6 Å². The van der Waals surface area contributed by atoms with Crippen LogP contribution in [0.15, 0.2) is 103 Å². The summed E-state index contributed by atoms with van der Waals surface area (Å²) in [7, 11) is 1.54. The zero-order valence-electron chi connectivity index (χ0n) is 26.8. The molecule has 0 bridgehead atoms. The Kier molecular flexibility index (Phi) is 9.11. The average molecular weight is 669 g/mol. The van der Waals surface area contributed by atoms with Gasteiger partial charge in [0.25, 0.3) is 11.7 Å². The summed E-state index contributed by atoms with van der Waals surface area (Å²) in [6.45, 7) is 3.51. The molecule has 2 aliphatic heterocycles. The van der Waals surface area contributed by atoms with Crippen LogP contribution in [0.5, 0.6) is 5.75 Å². The predicted octanol–water partition coefficient (Wildman–Crippen LogP) is 4.93. The number of pyridine rings is 1. The second-order valence-electron chi connectivity index (χ2n) is 12.4. The van der Waals surface area contributed by atoms with Crippen molar-refractivity contribution in [2.45, 2.75) is 30.7 Å². The van der Waals surface area contributed by atoms with Crippen LogP contribution in [0.25, 0.3) is 5.69 Å². The normalized spacial score (nSPS) is 18.8. The number of carbonyl (C=O) groups excluding carboxylic acids is 1. The summed E-state index contributed by atoms with van der Waals surface area (Å²) in [6.07, 6.45) is -1.48. The quantitative estimate of drug-likeness (QED) is 0.230. The third-order valence-corrected chi connectivity index (χ3v) is 9.39. The minimum atomic E-state index is -4.73. The van der Waals surface area contributed by atoms with Gasteiger partial charge in [0.1, 0.15) is 5.75 Å². The maximum Gasteiger partial charge on any atom is 0.453 e. The molecule has 3 aromatic carbocycles. The van der Waals surface area contributed by atoms with Gasteiger partial charge in [-0.15, -0.1) is 5.10 Å². The van der Waals surface area contributed by atoms with Gasteiger partial charge in [0, 0.05) is 75.2 Å². The number of carbonyl (C=O) groups is 1. The Morgan fingerprint density at radius 3 is 2.31 bits per heavy atom. The summed E-state index contributed by atoms with van der Waals surface area (Å²) in [4.78, 5) is 24.5. The summed E-state index contributed by atoms with van der Waals surface area (Å²) in [5, 5.41) is 10.1. The van der Waals surface area contributed by atoms with E-state index in [0.717, 1.165) is 0 Å². The first-order valence-electron chi connectivity index (χ1n) is 16.1. The molecule has 0 N–H and O–H groups in total. The molecule has 252 valence electrons. The van der Waals surface area contributed by atoms with E-state index in [2.05, 4.69) is 78.8 Å². The lowest BCUT2D eigenvalue weighted by molar-refractivity contribution is -0.146. The number of rotatable bonds is 8. The molecule has 0 radical (unpaired) electrons. The lowest BCUT2D eigenvalue weighted by Gasteiger charge is -2.53. The number of ether oxygens (including phenoxy) is 1. The fraction of sp³-hybridized carbons (Fsp3) is 0.306. The SMILES string of the molecule is COc1ccc(-n2nnnc2C(F)(F)F)cc1CN1C[C@@H]2CN(C(=O)c3cccnc3)CCN2[C@H](C(c2ccccc2)c2ccccc2)C1. The molecule has 5 aromatic rings. The van der Waals surface area contributed by atoms with Crippen LogP contribution < -0.4 is 4.74 Å². The molecule has 2 atom stereocenters. The van der Waals surface area contributed by atoms with Crippen LogP contribution >= 0.6 is 0 Å². The number of nitrogens with zero attached hydrogens (tertiary/aromatic N) is 8. The van der Waals surface area contributed by atoms with E-state index >= 15 is 0 Å². The van der Waals surface area contributed by atoms with Gasteiger partial charge in [-0.05, 0) is 51.9 Å². The first-order valence-corrected chi connectivity index (χ1v) is 16.1. The fourth-order valence-corrected chi connectivity index (χ4v) is 7.25. The fourth-order valence-electron chi connectivity index (χ4n) is 7.25. The van der Waals surface area contributed by atoms with Crippen LogP contribution in [-0.2, 0) is 12.7 Å². The number of methoxy groups -OCH3 is 1. The summed E-state index contributed by atoms with van der Waals surface area (Å²) < 4.78 is 47.5. The summed E-state index contributed by atoms with van der Waals surface area (Å²) in [5.74, 6) is -0.687. The van der Waals surface area contributed by atoms with E-state index in [9.17, 15) is 18.0 Å². The van der Waals surface area contributed by atoms with Gasteiger partial charge in [-0.25, -0.2) is 0 Å². The Morgan fingerprint density at radius 1 is 0.918 bits per heavy atom. The molecule has 2 aromatic heterocycles.